The Hall–Kier alpha value is -2.37. The van der Waals surface area contributed by atoms with E-state index in [0.717, 1.165) is 0 Å². The van der Waals surface area contributed by atoms with E-state index in [4.69, 9.17) is 9.47 Å². The zero-order valence-electron chi connectivity index (χ0n) is 14.5. The summed E-state index contributed by atoms with van der Waals surface area (Å²) >= 11 is 0. The zero-order valence-corrected chi connectivity index (χ0v) is 14.5. The second-order valence-corrected chi connectivity index (χ2v) is 6.27. The van der Waals surface area contributed by atoms with Crippen LogP contribution in [-0.2, 0) is 9.47 Å². The Bertz CT molecular complexity index is 566. The highest BCUT2D eigenvalue weighted by Crippen LogP contribution is 2.09. The summed E-state index contributed by atoms with van der Waals surface area (Å²) < 4.78 is 23.8. The van der Waals surface area contributed by atoms with Gasteiger partial charge in [-0.3, -0.25) is 0 Å². The van der Waals surface area contributed by atoms with Crippen molar-refractivity contribution in [3.8, 4) is 0 Å². The van der Waals surface area contributed by atoms with Crippen LogP contribution in [0.15, 0.2) is 42.5 Å². The number of esters is 1. The van der Waals surface area contributed by atoms with Gasteiger partial charge >= 0.3 is 12.1 Å². The van der Waals surface area contributed by atoms with Crippen molar-refractivity contribution >= 4 is 12.1 Å². The van der Waals surface area contributed by atoms with Crippen LogP contribution in [0.1, 0.15) is 31.1 Å². The molecule has 1 amide bonds. The minimum absolute atomic E-state index is 0.196. The summed E-state index contributed by atoms with van der Waals surface area (Å²) in [5.74, 6) is -0.572. The van der Waals surface area contributed by atoms with Crippen LogP contribution in [0.5, 0.6) is 0 Å². The summed E-state index contributed by atoms with van der Waals surface area (Å²) in [7, 11) is 1.56. The van der Waals surface area contributed by atoms with E-state index in [0.29, 0.717) is 5.56 Å². The molecule has 0 heterocycles. The summed E-state index contributed by atoms with van der Waals surface area (Å²) in [6, 6.07) is 8.38. The molecule has 0 radical (unpaired) electrons. The molecule has 0 spiro atoms. The van der Waals surface area contributed by atoms with Crippen LogP contribution in [0.2, 0.25) is 0 Å². The van der Waals surface area contributed by atoms with Gasteiger partial charge in [0.25, 0.3) is 0 Å². The second-order valence-electron chi connectivity index (χ2n) is 6.27. The fourth-order valence-electron chi connectivity index (χ4n) is 1.65. The highest BCUT2D eigenvalue weighted by atomic mass is 19.1. The fraction of sp³-hybridized carbons (Fsp3) is 0.444. The maximum absolute atomic E-state index is 13.7. The molecule has 0 fully saturated rings. The van der Waals surface area contributed by atoms with Crippen molar-refractivity contribution in [2.24, 2.45) is 0 Å². The molecule has 24 heavy (non-hydrogen) atoms. The molecule has 1 atom stereocenters. The lowest BCUT2D eigenvalue weighted by Crippen LogP contribution is -2.34. The van der Waals surface area contributed by atoms with Crippen LogP contribution in [0, 0.1) is 0 Å². The van der Waals surface area contributed by atoms with E-state index in [1.165, 1.54) is 17.1 Å². The molecule has 0 bridgehead atoms. The molecule has 0 saturated heterocycles. The van der Waals surface area contributed by atoms with Gasteiger partial charge in [0.2, 0.25) is 0 Å². The summed E-state index contributed by atoms with van der Waals surface area (Å²) in [5, 5.41) is 0. The van der Waals surface area contributed by atoms with Gasteiger partial charge in [0, 0.05) is 13.6 Å². The van der Waals surface area contributed by atoms with Gasteiger partial charge in [-0.05, 0) is 39.0 Å². The number of carbonyl (C=O) groups is 2. The SMILES string of the molecule is CN(C/C=C/C(F)COC(=O)c1ccccc1)C(=O)OC(C)(C)C. The van der Waals surface area contributed by atoms with Crippen LogP contribution < -0.4 is 0 Å². The smallest absolute Gasteiger partial charge is 0.410 e. The van der Waals surface area contributed by atoms with Gasteiger partial charge in [0.15, 0.2) is 6.17 Å². The van der Waals surface area contributed by atoms with E-state index in [1.807, 2.05) is 0 Å². The first kappa shape index (κ1) is 19.7. The number of rotatable bonds is 6. The summed E-state index contributed by atoms with van der Waals surface area (Å²) in [6.45, 7) is 5.14. The predicted molar refractivity (Wildman–Crippen MR) is 89.6 cm³/mol. The van der Waals surface area contributed by atoms with E-state index in [2.05, 4.69) is 0 Å². The molecule has 5 nitrogen and oxygen atoms in total. The average molecular weight is 337 g/mol. The monoisotopic (exact) mass is 337 g/mol. The van der Waals surface area contributed by atoms with Gasteiger partial charge in [-0.1, -0.05) is 24.3 Å². The molecule has 0 aromatic heterocycles. The molecule has 1 rings (SSSR count). The van der Waals surface area contributed by atoms with Gasteiger partial charge in [0.05, 0.1) is 5.56 Å². The molecular formula is C18H24FNO4. The molecule has 0 saturated carbocycles. The van der Waals surface area contributed by atoms with E-state index >= 15 is 0 Å². The Morgan fingerprint density at radius 1 is 1.25 bits per heavy atom. The maximum atomic E-state index is 13.7. The number of benzene rings is 1. The third-order valence-electron chi connectivity index (χ3n) is 2.81. The zero-order chi connectivity index (χ0) is 18.2. The Labute approximate surface area is 142 Å². The molecule has 0 aliphatic rings. The van der Waals surface area contributed by atoms with Crippen LogP contribution in [0.4, 0.5) is 9.18 Å². The van der Waals surface area contributed by atoms with Crippen LogP contribution in [0.3, 0.4) is 0 Å². The fourth-order valence-corrected chi connectivity index (χ4v) is 1.65. The standard InChI is InChI=1S/C18H24FNO4/c1-18(2,3)24-17(22)20(4)12-8-11-15(19)13-23-16(21)14-9-6-5-7-10-14/h5-11,15H,12-13H2,1-4H3/b11-8+. The summed E-state index contributed by atoms with van der Waals surface area (Å²) in [6.07, 6.45) is 0.812. The number of ether oxygens (including phenoxy) is 2. The van der Waals surface area contributed by atoms with Gasteiger partial charge in [0.1, 0.15) is 12.2 Å². The molecule has 1 unspecified atom stereocenters. The van der Waals surface area contributed by atoms with Gasteiger partial charge in [-0.2, -0.15) is 0 Å². The van der Waals surface area contributed by atoms with Crippen LogP contribution >= 0.6 is 0 Å². The molecule has 0 aliphatic carbocycles. The highest BCUT2D eigenvalue weighted by Gasteiger charge is 2.18. The Kier molecular flexibility index (Phi) is 7.42. The van der Waals surface area contributed by atoms with Crippen molar-refractivity contribution in [1.29, 1.82) is 0 Å². The average Bonchev–Trinajstić information content (AvgIpc) is 2.51. The van der Waals surface area contributed by atoms with Crippen molar-refractivity contribution in [2.75, 3.05) is 20.2 Å². The highest BCUT2D eigenvalue weighted by molar-refractivity contribution is 5.89. The van der Waals surface area contributed by atoms with Crippen LogP contribution in [-0.4, -0.2) is 48.9 Å². The van der Waals surface area contributed by atoms with E-state index < -0.39 is 23.8 Å². The largest absolute Gasteiger partial charge is 0.459 e. The molecule has 0 N–H and O–H groups in total. The lowest BCUT2D eigenvalue weighted by atomic mass is 10.2. The normalized spacial score (nSPS) is 12.7. The van der Waals surface area contributed by atoms with Crippen LogP contribution in [0.25, 0.3) is 0 Å². The summed E-state index contributed by atoms with van der Waals surface area (Å²) in [5.41, 5.74) is -0.207. The van der Waals surface area contributed by atoms with Crippen molar-refractivity contribution in [3.05, 3.63) is 48.0 Å². The quantitative estimate of drug-likeness (QED) is 0.588. The number of alkyl halides is 1. The molecule has 1 aromatic rings. The predicted octanol–water partition coefficient (Wildman–Crippen LogP) is 3.60. The molecule has 1 aromatic carbocycles. The molecule has 132 valence electrons. The minimum Gasteiger partial charge on any atom is -0.459 e. The lowest BCUT2D eigenvalue weighted by molar-refractivity contribution is 0.0317. The first-order valence-corrected chi connectivity index (χ1v) is 7.66. The molecule has 6 heteroatoms. The van der Waals surface area contributed by atoms with Gasteiger partial charge < -0.3 is 14.4 Å². The van der Waals surface area contributed by atoms with Crippen molar-refractivity contribution in [2.45, 2.75) is 32.5 Å². The first-order valence-electron chi connectivity index (χ1n) is 7.66. The Morgan fingerprint density at radius 2 is 1.88 bits per heavy atom. The minimum atomic E-state index is -1.44. The molecular weight excluding hydrogens is 313 g/mol. The van der Waals surface area contributed by atoms with Crippen molar-refractivity contribution < 1.29 is 23.5 Å². The van der Waals surface area contributed by atoms with Crippen molar-refractivity contribution in [1.82, 2.24) is 4.90 Å². The summed E-state index contributed by atoms with van der Waals surface area (Å²) in [4.78, 5) is 24.7. The molecule has 0 aliphatic heterocycles. The third kappa shape index (κ3) is 7.76. The number of hydrogen-bond acceptors (Lipinski definition) is 4. The Balaban J connectivity index is 2.34. The third-order valence-corrected chi connectivity index (χ3v) is 2.81. The van der Waals surface area contributed by atoms with Crippen molar-refractivity contribution in [3.63, 3.8) is 0 Å². The maximum Gasteiger partial charge on any atom is 0.410 e. The number of nitrogens with zero attached hydrogens (tertiary/aromatic N) is 1. The topological polar surface area (TPSA) is 55.8 Å². The van der Waals surface area contributed by atoms with E-state index in [9.17, 15) is 14.0 Å². The van der Waals surface area contributed by atoms with E-state index in [1.54, 1.807) is 58.2 Å². The number of hydrogen-bond donors (Lipinski definition) is 0. The van der Waals surface area contributed by atoms with E-state index in [-0.39, 0.29) is 13.2 Å². The first-order chi connectivity index (χ1) is 11.2. The lowest BCUT2D eigenvalue weighted by Gasteiger charge is -2.23. The number of carbonyl (C=O) groups excluding carboxylic acids is 2. The number of halogens is 1. The number of likely N-dealkylation sites (N-methyl/N-ethyl adjacent to an activating group) is 1. The van der Waals surface area contributed by atoms with Gasteiger partial charge in [-0.25, -0.2) is 14.0 Å². The van der Waals surface area contributed by atoms with Gasteiger partial charge in [-0.15, -0.1) is 0 Å². The second kappa shape index (κ2) is 9.05. The number of amides is 1. The Morgan fingerprint density at radius 3 is 2.46 bits per heavy atom.